The van der Waals surface area contributed by atoms with E-state index >= 15 is 0 Å². The molecule has 0 saturated carbocycles. The third-order valence-corrected chi connectivity index (χ3v) is 2.99. The molecule has 0 unspecified atom stereocenters. The quantitative estimate of drug-likeness (QED) is 0.855. The summed E-state index contributed by atoms with van der Waals surface area (Å²) in [5.41, 5.74) is 1.72. The third-order valence-electron chi connectivity index (χ3n) is 2.75. The molecule has 0 aliphatic rings. The second kappa shape index (κ2) is 6.53. The van der Waals surface area contributed by atoms with Gasteiger partial charge in [-0.2, -0.15) is 0 Å². The fourth-order valence-corrected chi connectivity index (χ4v) is 2.01. The van der Waals surface area contributed by atoms with Crippen molar-refractivity contribution in [3.05, 3.63) is 53.1 Å². The number of hydrogen-bond donors (Lipinski definition) is 2. The minimum Gasteiger partial charge on any atom is -0.508 e. The fourth-order valence-electron chi connectivity index (χ4n) is 1.82. The standard InChI is InChI=1S/C16H18ClNO2/c1-11(2)20-15-6-4-14(5-7-15)18-10-12-9-13(17)3-8-16(12)19/h3-9,11,18-19H,10H2,1-2H3. The largest absolute Gasteiger partial charge is 0.508 e. The van der Waals surface area contributed by atoms with Crippen LogP contribution in [0.15, 0.2) is 42.5 Å². The van der Waals surface area contributed by atoms with E-state index in [4.69, 9.17) is 16.3 Å². The Morgan fingerprint density at radius 1 is 1.15 bits per heavy atom. The summed E-state index contributed by atoms with van der Waals surface area (Å²) in [6, 6.07) is 12.7. The second-order valence-corrected chi connectivity index (χ2v) is 5.25. The van der Waals surface area contributed by atoms with Gasteiger partial charge in [0.25, 0.3) is 0 Å². The highest BCUT2D eigenvalue weighted by Crippen LogP contribution is 2.23. The van der Waals surface area contributed by atoms with E-state index in [-0.39, 0.29) is 11.9 Å². The maximum Gasteiger partial charge on any atom is 0.120 e. The van der Waals surface area contributed by atoms with Crippen LogP contribution in [0.4, 0.5) is 5.69 Å². The van der Waals surface area contributed by atoms with E-state index < -0.39 is 0 Å². The lowest BCUT2D eigenvalue weighted by Gasteiger charge is -2.11. The molecule has 2 N–H and O–H groups in total. The van der Waals surface area contributed by atoms with Crippen LogP contribution in [-0.4, -0.2) is 11.2 Å². The molecule has 0 amide bonds. The van der Waals surface area contributed by atoms with E-state index in [1.165, 1.54) is 0 Å². The zero-order valence-corrected chi connectivity index (χ0v) is 12.3. The normalized spacial score (nSPS) is 10.6. The van der Waals surface area contributed by atoms with Crippen molar-refractivity contribution in [2.24, 2.45) is 0 Å². The summed E-state index contributed by atoms with van der Waals surface area (Å²) >= 11 is 5.91. The number of ether oxygens (including phenoxy) is 1. The van der Waals surface area contributed by atoms with Crippen LogP contribution < -0.4 is 10.1 Å². The fraction of sp³-hybridized carbons (Fsp3) is 0.250. The smallest absolute Gasteiger partial charge is 0.120 e. The number of aromatic hydroxyl groups is 1. The first-order valence-corrected chi connectivity index (χ1v) is 6.90. The number of anilines is 1. The summed E-state index contributed by atoms with van der Waals surface area (Å²) in [6.45, 7) is 4.50. The van der Waals surface area contributed by atoms with Gasteiger partial charge in [0.2, 0.25) is 0 Å². The minimum atomic E-state index is 0.164. The first-order valence-electron chi connectivity index (χ1n) is 6.52. The summed E-state index contributed by atoms with van der Waals surface area (Å²) in [7, 11) is 0. The lowest BCUT2D eigenvalue weighted by Crippen LogP contribution is -2.05. The topological polar surface area (TPSA) is 41.5 Å². The summed E-state index contributed by atoms with van der Waals surface area (Å²) in [5, 5.41) is 13.6. The summed E-state index contributed by atoms with van der Waals surface area (Å²) in [6.07, 6.45) is 0.164. The van der Waals surface area contributed by atoms with Crippen LogP contribution in [0.3, 0.4) is 0 Å². The van der Waals surface area contributed by atoms with E-state index in [1.807, 2.05) is 38.1 Å². The zero-order valence-electron chi connectivity index (χ0n) is 11.6. The van der Waals surface area contributed by atoms with Gasteiger partial charge in [-0.15, -0.1) is 0 Å². The molecule has 0 aliphatic carbocycles. The number of phenols is 1. The molecule has 0 bridgehead atoms. The Labute approximate surface area is 124 Å². The van der Waals surface area contributed by atoms with Crippen molar-refractivity contribution in [2.75, 3.05) is 5.32 Å². The molecule has 2 rings (SSSR count). The first-order chi connectivity index (χ1) is 9.54. The predicted molar refractivity (Wildman–Crippen MR) is 82.6 cm³/mol. The van der Waals surface area contributed by atoms with E-state index in [1.54, 1.807) is 18.2 Å². The van der Waals surface area contributed by atoms with Gasteiger partial charge in [0.05, 0.1) is 6.10 Å². The molecule has 0 aromatic heterocycles. The Hall–Kier alpha value is -1.87. The van der Waals surface area contributed by atoms with Gasteiger partial charge in [0.15, 0.2) is 0 Å². The molecule has 2 aromatic carbocycles. The Morgan fingerprint density at radius 3 is 2.50 bits per heavy atom. The lowest BCUT2D eigenvalue weighted by atomic mass is 10.2. The molecule has 0 fully saturated rings. The van der Waals surface area contributed by atoms with Gasteiger partial charge in [-0.25, -0.2) is 0 Å². The van der Waals surface area contributed by atoms with E-state index in [9.17, 15) is 5.11 Å². The monoisotopic (exact) mass is 291 g/mol. The number of phenolic OH excluding ortho intramolecular Hbond substituents is 1. The van der Waals surface area contributed by atoms with Gasteiger partial charge in [-0.05, 0) is 56.3 Å². The molecule has 0 atom stereocenters. The molecule has 3 nitrogen and oxygen atoms in total. The van der Waals surface area contributed by atoms with Crippen LogP contribution in [0, 0.1) is 0 Å². The Kier molecular flexibility index (Phi) is 4.74. The van der Waals surface area contributed by atoms with Gasteiger partial charge in [-0.1, -0.05) is 11.6 Å². The number of benzene rings is 2. The number of nitrogens with one attached hydrogen (secondary N) is 1. The number of halogens is 1. The first kappa shape index (κ1) is 14.5. The maximum absolute atomic E-state index is 9.74. The SMILES string of the molecule is CC(C)Oc1ccc(NCc2cc(Cl)ccc2O)cc1. The highest BCUT2D eigenvalue weighted by Gasteiger charge is 2.03. The average molecular weight is 292 g/mol. The predicted octanol–water partition coefficient (Wildman–Crippen LogP) is 4.44. The van der Waals surface area contributed by atoms with Crippen molar-refractivity contribution in [1.82, 2.24) is 0 Å². The molecular formula is C16H18ClNO2. The third kappa shape index (κ3) is 4.07. The van der Waals surface area contributed by atoms with Gasteiger partial charge >= 0.3 is 0 Å². The van der Waals surface area contributed by atoms with Crippen molar-refractivity contribution in [3.63, 3.8) is 0 Å². The average Bonchev–Trinajstić information content (AvgIpc) is 2.41. The minimum absolute atomic E-state index is 0.164. The van der Waals surface area contributed by atoms with Crippen molar-refractivity contribution >= 4 is 17.3 Å². The summed E-state index contributed by atoms with van der Waals surface area (Å²) in [4.78, 5) is 0. The summed E-state index contributed by atoms with van der Waals surface area (Å²) in [5.74, 6) is 1.08. The zero-order chi connectivity index (χ0) is 14.5. The molecule has 0 saturated heterocycles. The van der Waals surface area contributed by atoms with Gasteiger partial charge < -0.3 is 15.2 Å². The molecule has 0 spiro atoms. The molecule has 0 radical (unpaired) electrons. The van der Waals surface area contributed by atoms with Crippen LogP contribution in [-0.2, 0) is 6.54 Å². The van der Waals surface area contributed by atoms with Crippen molar-refractivity contribution in [2.45, 2.75) is 26.5 Å². The van der Waals surface area contributed by atoms with Crippen LogP contribution in [0.5, 0.6) is 11.5 Å². The highest BCUT2D eigenvalue weighted by molar-refractivity contribution is 6.30. The second-order valence-electron chi connectivity index (χ2n) is 4.82. The Balaban J connectivity index is 1.98. The van der Waals surface area contributed by atoms with Gasteiger partial charge in [0, 0.05) is 22.8 Å². The van der Waals surface area contributed by atoms with Gasteiger partial charge in [-0.3, -0.25) is 0 Å². The lowest BCUT2D eigenvalue weighted by molar-refractivity contribution is 0.242. The Morgan fingerprint density at radius 2 is 1.85 bits per heavy atom. The van der Waals surface area contributed by atoms with E-state index in [0.29, 0.717) is 11.6 Å². The van der Waals surface area contributed by atoms with Crippen molar-refractivity contribution in [1.29, 1.82) is 0 Å². The van der Waals surface area contributed by atoms with E-state index in [0.717, 1.165) is 17.0 Å². The van der Waals surface area contributed by atoms with Crippen molar-refractivity contribution in [3.8, 4) is 11.5 Å². The van der Waals surface area contributed by atoms with Crippen LogP contribution in [0.1, 0.15) is 19.4 Å². The molecule has 0 aliphatic heterocycles. The van der Waals surface area contributed by atoms with Gasteiger partial charge in [0.1, 0.15) is 11.5 Å². The van der Waals surface area contributed by atoms with E-state index in [2.05, 4.69) is 5.32 Å². The van der Waals surface area contributed by atoms with Crippen LogP contribution >= 0.6 is 11.6 Å². The number of rotatable bonds is 5. The van der Waals surface area contributed by atoms with Crippen LogP contribution in [0.25, 0.3) is 0 Å². The number of hydrogen-bond acceptors (Lipinski definition) is 3. The summed E-state index contributed by atoms with van der Waals surface area (Å²) < 4.78 is 5.58. The van der Waals surface area contributed by atoms with Crippen LogP contribution in [0.2, 0.25) is 5.02 Å². The maximum atomic E-state index is 9.74. The Bertz CT molecular complexity index is 567. The molecule has 106 valence electrons. The highest BCUT2D eigenvalue weighted by atomic mass is 35.5. The van der Waals surface area contributed by atoms with Crippen molar-refractivity contribution < 1.29 is 9.84 Å². The molecule has 2 aromatic rings. The molecular weight excluding hydrogens is 274 g/mol. The molecule has 4 heteroatoms. The molecule has 20 heavy (non-hydrogen) atoms. The molecule has 0 heterocycles.